The Balaban J connectivity index is 1.50. The average Bonchev–Trinajstić information content (AvgIpc) is 3.10. The molecule has 0 aliphatic heterocycles. The average molecular weight is 446 g/mol. The molecule has 5 nitrogen and oxygen atoms in total. The number of anilines is 2. The van der Waals surface area contributed by atoms with Crippen LogP contribution in [0, 0.1) is 0 Å². The van der Waals surface area contributed by atoms with Crippen molar-refractivity contribution in [2.24, 2.45) is 0 Å². The SMILES string of the molecule is O=C(Nc1nc2c(s1)CCCC2C(=O)Nc1cccc(Cl)c1)c1ccc(Cl)cc1. The second-order valence-electron chi connectivity index (χ2n) is 6.73. The summed E-state index contributed by atoms with van der Waals surface area (Å²) in [7, 11) is 0. The van der Waals surface area contributed by atoms with Gasteiger partial charge in [-0.1, -0.05) is 29.3 Å². The van der Waals surface area contributed by atoms with E-state index in [9.17, 15) is 9.59 Å². The molecule has 29 heavy (non-hydrogen) atoms. The predicted octanol–water partition coefficient (Wildman–Crippen LogP) is 5.76. The molecule has 0 saturated heterocycles. The van der Waals surface area contributed by atoms with E-state index in [0.29, 0.717) is 32.8 Å². The topological polar surface area (TPSA) is 71.1 Å². The molecular formula is C21H17Cl2N3O2S. The summed E-state index contributed by atoms with van der Waals surface area (Å²) < 4.78 is 0. The molecule has 0 bridgehead atoms. The van der Waals surface area contributed by atoms with Gasteiger partial charge in [-0.15, -0.1) is 11.3 Å². The molecule has 3 aromatic rings. The molecule has 1 aliphatic carbocycles. The number of rotatable bonds is 4. The maximum absolute atomic E-state index is 12.8. The van der Waals surface area contributed by atoms with Crippen LogP contribution in [0.4, 0.5) is 10.8 Å². The molecule has 1 aromatic heterocycles. The van der Waals surface area contributed by atoms with Crippen molar-refractivity contribution in [3.63, 3.8) is 0 Å². The standard InChI is InChI=1S/C21H17Cl2N3O2S/c22-13-9-7-12(8-10-13)19(27)26-21-25-18-16(5-2-6-17(18)29-21)20(28)24-15-4-1-3-14(23)11-15/h1,3-4,7-11,16H,2,5-6H2,(H,24,28)(H,25,26,27). The fraction of sp³-hybridized carbons (Fsp3) is 0.190. The van der Waals surface area contributed by atoms with Gasteiger partial charge < -0.3 is 5.32 Å². The van der Waals surface area contributed by atoms with Crippen LogP contribution in [0.3, 0.4) is 0 Å². The largest absolute Gasteiger partial charge is 0.325 e. The number of benzene rings is 2. The van der Waals surface area contributed by atoms with Gasteiger partial charge in [0, 0.05) is 26.2 Å². The highest BCUT2D eigenvalue weighted by Crippen LogP contribution is 2.37. The summed E-state index contributed by atoms with van der Waals surface area (Å²) in [5.41, 5.74) is 1.89. The van der Waals surface area contributed by atoms with Gasteiger partial charge in [0.05, 0.1) is 11.6 Å². The van der Waals surface area contributed by atoms with Gasteiger partial charge >= 0.3 is 0 Å². The van der Waals surface area contributed by atoms with Gasteiger partial charge in [0.25, 0.3) is 5.91 Å². The second-order valence-corrected chi connectivity index (χ2v) is 8.69. The molecule has 4 rings (SSSR count). The summed E-state index contributed by atoms with van der Waals surface area (Å²) in [6.07, 6.45) is 2.46. The number of thiazole rings is 1. The van der Waals surface area contributed by atoms with Gasteiger partial charge in [0.2, 0.25) is 5.91 Å². The molecule has 2 N–H and O–H groups in total. The molecular weight excluding hydrogens is 429 g/mol. The Morgan fingerprint density at radius 1 is 1.03 bits per heavy atom. The van der Waals surface area contributed by atoms with Gasteiger partial charge in [0.1, 0.15) is 0 Å². The minimum atomic E-state index is -0.352. The Kier molecular flexibility index (Phi) is 5.85. The van der Waals surface area contributed by atoms with Gasteiger partial charge in [-0.2, -0.15) is 0 Å². The smallest absolute Gasteiger partial charge is 0.257 e. The van der Waals surface area contributed by atoms with Crippen molar-refractivity contribution in [3.05, 3.63) is 74.7 Å². The van der Waals surface area contributed by atoms with Crippen molar-refractivity contribution < 1.29 is 9.59 Å². The van der Waals surface area contributed by atoms with Crippen molar-refractivity contribution >= 4 is 57.2 Å². The maximum atomic E-state index is 12.8. The molecule has 2 amide bonds. The van der Waals surface area contributed by atoms with Crippen LogP contribution in [-0.2, 0) is 11.2 Å². The number of nitrogens with one attached hydrogen (secondary N) is 2. The van der Waals surface area contributed by atoms with Gasteiger partial charge in [-0.05, 0) is 61.7 Å². The van der Waals surface area contributed by atoms with Gasteiger partial charge in [0.15, 0.2) is 5.13 Å². The molecule has 148 valence electrons. The number of carbonyl (C=O) groups excluding carboxylic acids is 2. The first kappa shape index (κ1) is 19.9. The van der Waals surface area contributed by atoms with Crippen LogP contribution in [0.5, 0.6) is 0 Å². The van der Waals surface area contributed by atoms with E-state index >= 15 is 0 Å². The summed E-state index contributed by atoms with van der Waals surface area (Å²) in [6, 6.07) is 13.7. The van der Waals surface area contributed by atoms with E-state index in [-0.39, 0.29) is 17.7 Å². The quantitative estimate of drug-likeness (QED) is 0.535. The number of halogens is 2. The van der Waals surface area contributed by atoms with Crippen LogP contribution in [0.1, 0.15) is 39.7 Å². The molecule has 0 radical (unpaired) electrons. The number of carbonyl (C=O) groups is 2. The van der Waals surface area contributed by atoms with E-state index in [0.717, 1.165) is 23.4 Å². The molecule has 0 spiro atoms. The zero-order valence-corrected chi connectivity index (χ0v) is 17.6. The van der Waals surface area contributed by atoms with Crippen molar-refractivity contribution in [1.29, 1.82) is 0 Å². The molecule has 0 saturated carbocycles. The Labute approximate surface area is 182 Å². The van der Waals surface area contributed by atoms with Crippen LogP contribution >= 0.6 is 34.5 Å². The van der Waals surface area contributed by atoms with E-state index in [1.165, 1.54) is 11.3 Å². The molecule has 8 heteroatoms. The first-order chi connectivity index (χ1) is 14.0. The van der Waals surface area contributed by atoms with E-state index in [1.54, 1.807) is 48.5 Å². The Bertz CT molecular complexity index is 1070. The summed E-state index contributed by atoms with van der Waals surface area (Å²) >= 11 is 13.3. The lowest BCUT2D eigenvalue weighted by Crippen LogP contribution is -2.24. The second kappa shape index (κ2) is 8.53. The summed E-state index contributed by atoms with van der Waals surface area (Å²) in [5.74, 6) is -0.725. The first-order valence-corrected chi connectivity index (χ1v) is 10.7. The van der Waals surface area contributed by atoms with Crippen molar-refractivity contribution in [1.82, 2.24) is 4.98 Å². The Morgan fingerprint density at radius 2 is 1.83 bits per heavy atom. The third-order valence-corrected chi connectivity index (χ3v) is 6.22. The minimum Gasteiger partial charge on any atom is -0.325 e. The van der Waals surface area contributed by atoms with Crippen molar-refractivity contribution in [2.45, 2.75) is 25.2 Å². The fourth-order valence-corrected chi connectivity index (χ4v) is 4.67. The van der Waals surface area contributed by atoms with Gasteiger partial charge in [-0.3, -0.25) is 14.9 Å². The van der Waals surface area contributed by atoms with E-state index in [1.807, 2.05) is 0 Å². The number of amides is 2. The minimum absolute atomic E-state index is 0.117. The number of fused-ring (bicyclic) bond motifs is 1. The lowest BCUT2D eigenvalue weighted by Gasteiger charge is -2.20. The third kappa shape index (κ3) is 4.61. The molecule has 2 aromatic carbocycles. The van der Waals surface area contributed by atoms with Crippen LogP contribution in [-0.4, -0.2) is 16.8 Å². The predicted molar refractivity (Wildman–Crippen MR) is 117 cm³/mol. The van der Waals surface area contributed by atoms with Crippen molar-refractivity contribution in [3.8, 4) is 0 Å². The molecule has 1 aliphatic rings. The Morgan fingerprint density at radius 3 is 2.59 bits per heavy atom. The Hall–Kier alpha value is -2.41. The lowest BCUT2D eigenvalue weighted by atomic mass is 9.90. The first-order valence-electron chi connectivity index (χ1n) is 9.12. The molecule has 1 unspecified atom stereocenters. The highest BCUT2D eigenvalue weighted by molar-refractivity contribution is 7.16. The number of hydrogen-bond acceptors (Lipinski definition) is 4. The zero-order chi connectivity index (χ0) is 20.4. The van der Waals surface area contributed by atoms with Crippen LogP contribution in [0.2, 0.25) is 10.0 Å². The fourth-order valence-electron chi connectivity index (χ4n) is 3.29. The molecule has 1 atom stereocenters. The lowest BCUT2D eigenvalue weighted by molar-refractivity contribution is -0.117. The van der Waals surface area contributed by atoms with Crippen LogP contribution < -0.4 is 10.6 Å². The van der Waals surface area contributed by atoms with Crippen LogP contribution in [0.25, 0.3) is 0 Å². The van der Waals surface area contributed by atoms with E-state index in [4.69, 9.17) is 23.2 Å². The third-order valence-electron chi connectivity index (χ3n) is 4.69. The van der Waals surface area contributed by atoms with Crippen LogP contribution in [0.15, 0.2) is 48.5 Å². The number of aromatic nitrogens is 1. The van der Waals surface area contributed by atoms with Gasteiger partial charge in [-0.25, -0.2) is 4.98 Å². The highest BCUT2D eigenvalue weighted by Gasteiger charge is 2.30. The highest BCUT2D eigenvalue weighted by atomic mass is 35.5. The normalized spacial score (nSPS) is 15.4. The monoisotopic (exact) mass is 445 g/mol. The zero-order valence-electron chi connectivity index (χ0n) is 15.2. The summed E-state index contributed by atoms with van der Waals surface area (Å²) in [4.78, 5) is 30.9. The molecule has 0 fully saturated rings. The van der Waals surface area contributed by atoms with E-state index < -0.39 is 0 Å². The molecule has 1 heterocycles. The number of nitrogens with zero attached hydrogens (tertiary/aromatic N) is 1. The van der Waals surface area contributed by atoms with Crippen molar-refractivity contribution in [2.75, 3.05) is 10.6 Å². The summed E-state index contributed by atoms with van der Waals surface area (Å²) in [5, 5.41) is 7.37. The maximum Gasteiger partial charge on any atom is 0.257 e. The number of hydrogen-bond donors (Lipinski definition) is 2. The summed E-state index contributed by atoms with van der Waals surface area (Å²) in [6.45, 7) is 0. The number of aryl methyl sites for hydroxylation is 1. The van der Waals surface area contributed by atoms with E-state index in [2.05, 4.69) is 15.6 Å².